The third-order valence-corrected chi connectivity index (χ3v) is 2.22. The van der Waals surface area contributed by atoms with Crippen molar-refractivity contribution < 1.29 is 23.0 Å². The molecule has 0 fully saturated rings. The smallest absolute Gasteiger partial charge is 0.261 e. The number of hydrogen-bond acceptors (Lipinski definition) is 4. The number of ether oxygens (including phenoxy) is 2. The Labute approximate surface area is 109 Å². The van der Waals surface area contributed by atoms with E-state index in [4.69, 9.17) is 10.5 Å². The van der Waals surface area contributed by atoms with E-state index in [1.165, 1.54) is 7.11 Å². The minimum Gasteiger partial charge on any atom is -0.494 e. The van der Waals surface area contributed by atoms with Crippen LogP contribution in [-0.4, -0.2) is 32.7 Å². The van der Waals surface area contributed by atoms with E-state index in [0.29, 0.717) is 17.1 Å². The van der Waals surface area contributed by atoms with Crippen molar-refractivity contribution in [3.8, 4) is 5.75 Å². The second-order valence-electron chi connectivity index (χ2n) is 3.72. The van der Waals surface area contributed by atoms with Gasteiger partial charge in [-0.1, -0.05) is 0 Å². The van der Waals surface area contributed by atoms with E-state index in [9.17, 15) is 13.6 Å². The molecule has 3 N–H and O–H groups in total. The van der Waals surface area contributed by atoms with Gasteiger partial charge in [-0.2, -0.15) is 0 Å². The Morgan fingerprint density at radius 3 is 2.84 bits per heavy atom. The van der Waals surface area contributed by atoms with Gasteiger partial charge in [0, 0.05) is 11.8 Å². The molecule has 0 aliphatic carbocycles. The maximum absolute atomic E-state index is 11.8. The Kier molecular flexibility index (Phi) is 6.01. The topological polar surface area (TPSA) is 73.6 Å². The average molecular weight is 274 g/mol. The summed E-state index contributed by atoms with van der Waals surface area (Å²) in [7, 11) is 1.45. The zero-order valence-corrected chi connectivity index (χ0v) is 10.5. The van der Waals surface area contributed by atoms with Crippen molar-refractivity contribution in [2.24, 2.45) is 0 Å². The van der Waals surface area contributed by atoms with Crippen molar-refractivity contribution in [3.63, 3.8) is 0 Å². The van der Waals surface area contributed by atoms with Crippen LogP contribution in [0.25, 0.3) is 0 Å². The molecule has 0 radical (unpaired) electrons. The van der Waals surface area contributed by atoms with Crippen LogP contribution in [0.3, 0.4) is 0 Å². The highest BCUT2D eigenvalue weighted by Gasteiger charge is 2.08. The molecule has 0 aromatic heterocycles. The molecule has 5 nitrogen and oxygen atoms in total. The summed E-state index contributed by atoms with van der Waals surface area (Å²) in [6.07, 6.45) is -2.54. The minimum absolute atomic E-state index is 0.0136. The van der Waals surface area contributed by atoms with Crippen molar-refractivity contribution >= 4 is 17.3 Å². The molecule has 0 unspecified atom stereocenters. The Bertz CT molecular complexity index is 427. The lowest BCUT2D eigenvalue weighted by atomic mass is 10.2. The number of nitrogens with one attached hydrogen (secondary N) is 1. The number of benzene rings is 1. The van der Waals surface area contributed by atoms with Gasteiger partial charge < -0.3 is 20.5 Å². The number of alkyl halides is 2. The lowest BCUT2D eigenvalue weighted by Crippen LogP contribution is -2.16. The molecule has 0 heterocycles. The fraction of sp³-hybridized carbons (Fsp3) is 0.417. The number of anilines is 2. The number of halogens is 2. The molecule has 0 atom stereocenters. The van der Waals surface area contributed by atoms with Crippen LogP contribution in [0, 0.1) is 0 Å². The summed E-state index contributed by atoms with van der Waals surface area (Å²) in [6, 6.07) is 4.79. The summed E-state index contributed by atoms with van der Waals surface area (Å²) >= 11 is 0. The third-order valence-electron chi connectivity index (χ3n) is 2.22. The van der Waals surface area contributed by atoms with Crippen LogP contribution in [0.4, 0.5) is 20.2 Å². The van der Waals surface area contributed by atoms with Crippen LogP contribution < -0.4 is 15.8 Å². The molecule has 0 spiro atoms. The number of nitrogen functional groups attached to an aromatic ring is 1. The number of nitrogens with two attached hydrogens (primary N) is 1. The van der Waals surface area contributed by atoms with Crippen LogP contribution in [0.2, 0.25) is 0 Å². The highest BCUT2D eigenvalue weighted by atomic mass is 19.3. The fourth-order valence-electron chi connectivity index (χ4n) is 1.36. The number of rotatable bonds is 7. The first-order valence-electron chi connectivity index (χ1n) is 5.62. The van der Waals surface area contributed by atoms with Crippen LogP contribution in [0.5, 0.6) is 5.75 Å². The van der Waals surface area contributed by atoms with Crippen molar-refractivity contribution in [2.45, 2.75) is 12.8 Å². The molecule has 19 heavy (non-hydrogen) atoms. The molecule has 0 bridgehead atoms. The van der Waals surface area contributed by atoms with Crippen LogP contribution in [0.1, 0.15) is 6.42 Å². The molecule has 0 aliphatic heterocycles. The van der Waals surface area contributed by atoms with Crippen molar-refractivity contribution in [2.75, 3.05) is 31.4 Å². The zero-order chi connectivity index (χ0) is 14.3. The van der Waals surface area contributed by atoms with Gasteiger partial charge in [0.05, 0.1) is 25.8 Å². The van der Waals surface area contributed by atoms with Gasteiger partial charge in [0.25, 0.3) is 6.43 Å². The summed E-state index contributed by atoms with van der Waals surface area (Å²) < 4.78 is 33.3. The quantitative estimate of drug-likeness (QED) is 0.588. The van der Waals surface area contributed by atoms with Crippen LogP contribution in [0.15, 0.2) is 18.2 Å². The summed E-state index contributed by atoms with van der Waals surface area (Å²) in [5, 5.41) is 2.59. The number of carbonyl (C=O) groups is 1. The standard InChI is InChI=1S/C12H16F2N2O3/c1-18-10-6-8(15)2-3-9(10)16-12(17)4-5-19-7-11(13)14/h2-3,6,11H,4-5,7,15H2,1H3,(H,16,17). The van der Waals surface area contributed by atoms with Gasteiger partial charge in [-0.3, -0.25) is 4.79 Å². The summed E-state index contributed by atoms with van der Waals surface area (Å²) in [6.45, 7) is -0.730. The van der Waals surface area contributed by atoms with Crippen molar-refractivity contribution in [3.05, 3.63) is 18.2 Å². The average Bonchev–Trinajstić information content (AvgIpc) is 2.36. The molecular formula is C12H16F2N2O3. The molecular weight excluding hydrogens is 258 g/mol. The SMILES string of the molecule is COc1cc(N)ccc1NC(=O)CCOCC(F)F. The molecule has 1 rings (SSSR count). The maximum atomic E-state index is 11.8. The molecule has 1 amide bonds. The zero-order valence-electron chi connectivity index (χ0n) is 10.5. The van der Waals surface area contributed by atoms with Gasteiger partial charge in [-0.25, -0.2) is 8.78 Å². The van der Waals surface area contributed by atoms with E-state index in [2.05, 4.69) is 10.1 Å². The lowest BCUT2D eigenvalue weighted by molar-refractivity contribution is -0.117. The summed E-state index contributed by atoms with van der Waals surface area (Å²) in [5.74, 6) is 0.0826. The molecule has 1 aromatic carbocycles. The molecule has 0 saturated carbocycles. The van der Waals surface area contributed by atoms with E-state index < -0.39 is 13.0 Å². The summed E-state index contributed by atoms with van der Waals surface area (Å²) in [4.78, 5) is 11.5. The van der Waals surface area contributed by atoms with Gasteiger partial charge in [0.2, 0.25) is 5.91 Å². The van der Waals surface area contributed by atoms with E-state index in [0.717, 1.165) is 0 Å². The predicted molar refractivity (Wildman–Crippen MR) is 67.5 cm³/mol. The second kappa shape index (κ2) is 7.52. The highest BCUT2D eigenvalue weighted by Crippen LogP contribution is 2.26. The Morgan fingerprint density at radius 2 is 2.21 bits per heavy atom. The minimum atomic E-state index is -2.53. The van der Waals surface area contributed by atoms with E-state index >= 15 is 0 Å². The fourth-order valence-corrected chi connectivity index (χ4v) is 1.36. The van der Waals surface area contributed by atoms with Crippen molar-refractivity contribution in [1.29, 1.82) is 0 Å². The normalized spacial score (nSPS) is 10.5. The second-order valence-corrected chi connectivity index (χ2v) is 3.72. The monoisotopic (exact) mass is 274 g/mol. The first-order chi connectivity index (χ1) is 9.02. The van der Waals surface area contributed by atoms with Crippen LogP contribution in [-0.2, 0) is 9.53 Å². The number of hydrogen-bond donors (Lipinski definition) is 2. The number of methoxy groups -OCH3 is 1. The number of amides is 1. The van der Waals surface area contributed by atoms with Gasteiger partial charge >= 0.3 is 0 Å². The third kappa shape index (κ3) is 5.52. The largest absolute Gasteiger partial charge is 0.494 e. The first kappa shape index (κ1) is 15.2. The summed E-state index contributed by atoms with van der Waals surface area (Å²) in [5.41, 5.74) is 6.55. The predicted octanol–water partition coefficient (Wildman–Crippen LogP) is 1.89. The lowest BCUT2D eigenvalue weighted by Gasteiger charge is -2.10. The maximum Gasteiger partial charge on any atom is 0.261 e. The molecule has 7 heteroatoms. The first-order valence-corrected chi connectivity index (χ1v) is 5.62. The van der Waals surface area contributed by atoms with Gasteiger partial charge in [0.1, 0.15) is 12.4 Å². The van der Waals surface area contributed by atoms with Crippen LogP contribution >= 0.6 is 0 Å². The Morgan fingerprint density at radius 1 is 1.47 bits per heavy atom. The van der Waals surface area contributed by atoms with Gasteiger partial charge in [-0.15, -0.1) is 0 Å². The highest BCUT2D eigenvalue weighted by molar-refractivity contribution is 5.92. The van der Waals surface area contributed by atoms with Crippen molar-refractivity contribution in [1.82, 2.24) is 0 Å². The molecule has 0 saturated heterocycles. The molecule has 106 valence electrons. The van der Waals surface area contributed by atoms with E-state index in [1.54, 1.807) is 18.2 Å². The van der Waals surface area contributed by atoms with E-state index in [-0.39, 0.29) is 18.9 Å². The van der Waals surface area contributed by atoms with Gasteiger partial charge in [0.15, 0.2) is 0 Å². The van der Waals surface area contributed by atoms with Gasteiger partial charge in [-0.05, 0) is 12.1 Å². The number of carbonyl (C=O) groups excluding carboxylic acids is 1. The molecule has 1 aromatic rings. The Hall–Kier alpha value is -1.89. The molecule has 0 aliphatic rings. The van der Waals surface area contributed by atoms with E-state index in [1.807, 2.05) is 0 Å². The Balaban J connectivity index is 2.44.